The summed E-state index contributed by atoms with van der Waals surface area (Å²) in [5, 5.41) is 11.8. The van der Waals surface area contributed by atoms with Crippen LogP contribution in [0.4, 0.5) is 4.39 Å². The molecule has 0 saturated carbocycles. The van der Waals surface area contributed by atoms with Crippen molar-refractivity contribution in [1.29, 1.82) is 5.26 Å². The second-order valence-corrected chi connectivity index (χ2v) is 4.00. The molecule has 2 rings (SSSR count). The van der Waals surface area contributed by atoms with Crippen LogP contribution >= 0.6 is 0 Å². The molecule has 0 saturated heterocycles. The van der Waals surface area contributed by atoms with Gasteiger partial charge in [-0.2, -0.15) is 5.26 Å². The maximum absolute atomic E-state index is 13.5. The van der Waals surface area contributed by atoms with Crippen molar-refractivity contribution in [2.24, 2.45) is 0 Å². The maximum atomic E-state index is 13.5. The average molecular weight is 244 g/mol. The van der Waals surface area contributed by atoms with Crippen molar-refractivity contribution in [3.8, 4) is 6.07 Å². The average Bonchev–Trinajstić information content (AvgIpc) is 2.84. The van der Waals surface area contributed by atoms with Crippen molar-refractivity contribution < 1.29 is 8.81 Å². The normalized spacial score (nSPS) is 12.1. The van der Waals surface area contributed by atoms with Crippen LogP contribution in [0, 0.1) is 17.1 Å². The van der Waals surface area contributed by atoms with Crippen LogP contribution in [-0.4, -0.2) is 0 Å². The molecule has 92 valence electrons. The SMILES string of the molecule is CC(NCc1ccc(C#N)o1)c1ccccc1F. The summed E-state index contributed by atoms with van der Waals surface area (Å²) in [5.41, 5.74) is 0.615. The number of benzene rings is 1. The first kappa shape index (κ1) is 12.3. The largest absolute Gasteiger partial charge is 0.449 e. The Morgan fingerprint density at radius 1 is 1.33 bits per heavy atom. The minimum absolute atomic E-state index is 0.123. The quantitative estimate of drug-likeness (QED) is 0.898. The van der Waals surface area contributed by atoms with Gasteiger partial charge in [0.15, 0.2) is 0 Å². The molecule has 0 aliphatic heterocycles. The molecule has 1 unspecified atom stereocenters. The zero-order valence-electron chi connectivity index (χ0n) is 9.98. The Labute approximate surface area is 105 Å². The van der Waals surface area contributed by atoms with E-state index in [2.05, 4.69) is 5.32 Å². The molecule has 2 aromatic rings. The number of hydrogen-bond donors (Lipinski definition) is 1. The first-order chi connectivity index (χ1) is 8.70. The van der Waals surface area contributed by atoms with E-state index in [1.54, 1.807) is 30.3 Å². The molecule has 0 aliphatic carbocycles. The Bertz CT molecular complexity index is 571. The lowest BCUT2D eigenvalue weighted by Crippen LogP contribution is -2.18. The molecule has 3 nitrogen and oxygen atoms in total. The molecule has 0 aliphatic rings. The molecule has 4 heteroatoms. The molecule has 0 spiro atoms. The van der Waals surface area contributed by atoms with E-state index in [4.69, 9.17) is 9.68 Å². The minimum atomic E-state index is -0.227. The summed E-state index contributed by atoms with van der Waals surface area (Å²) in [6.07, 6.45) is 0. The highest BCUT2D eigenvalue weighted by Crippen LogP contribution is 2.17. The monoisotopic (exact) mass is 244 g/mol. The van der Waals surface area contributed by atoms with Crippen molar-refractivity contribution in [3.05, 3.63) is 59.3 Å². The van der Waals surface area contributed by atoms with E-state index in [-0.39, 0.29) is 17.6 Å². The Morgan fingerprint density at radius 2 is 2.11 bits per heavy atom. The van der Waals surface area contributed by atoms with Crippen LogP contribution in [0.2, 0.25) is 0 Å². The van der Waals surface area contributed by atoms with E-state index in [1.165, 1.54) is 6.07 Å². The highest BCUT2D eigenvalue weighted by Gasteiger charge is 2.10. The lowest BCUT2D eigenvalue weighted by Gasteiger charge is -2.13. The van der Waals surface area contributed by atoms with Crippen LogP contribution in [0.15, 0.2) is 40.8 Å². The molecule has 0 amide bonds. The van der Waals surface area contributed by atoms with Crippen LogP contribution in [0.3, 0.4) is 0 Å². The maximum Gasteiger partial charge on any atom is 0.203 e. The van der Waals surface area contributed by atoms with Gasteiger partial charge in [0.2, 0.25) is 5.76 Å². The van der Waals surface area contributed by atoms with Crippen molar-refractivity contribution >= 4 is 0 Å². The smallest absolute Gasteiger partial charge is 0.203 e. The van der Waals surface area contributed by atoms with Gasteiger partial charge in [-0.1, -0.05) is 18.2 Å². The number of hydrogen-bond acceptors (Lipinski definition) is 3. The van der Waals surface area contributed by atoms with Crippen molar-refractivity contribution in [1.82, 2.24) is 5.32 Å². The van der Waals surface area contributed by atoms with Crippen LogP contribution in [-0.2, 0) is 6.54 Å². The number of nitrogens with zero attached hydrogens (tertiary/aromatic N) is 1. The van der Waals surface area contributed by atoms with Crippen LogP contribution < -0.4 is 5.32 Å². The third kappa shape index (κ3) is 2.76. The standard InChI is InChI=1S/C14H13FN2O/c1-10(13-4-2-3-5-14(13)15)17-9-12-7-6-11(8-16)18-12/h2-7,10,17H,9H2,1H3. The summed E-state index contributed by atoms with van der Waals surface area (Å²) in [6.45, 7) is 2.34. The van der Waals surface area contributed by atoms with Crippen molar-refractivity contribution in [2.75, 3.05) is 0 Å². The van der Waals surface area contributed by atoms with Gasteiger partial charge in [-0.3, -0.25) is 0 Å². The van der Waals surface area contributed by atoms with Gasteiger partial charge in [0, 0.05) is 11.6 Å². The Balaban J connectivity index is 1.98. The van der Waals surface area contributed by atoms with Crippen molar-refractivity contribution in [2.45, 2.75) is 19.5 Å². The Morgan fingerprint density at radius 3 is 2.78 bits per heavy atom. The van der Waals surface area contributed by atoms with Gasteiger partial charge in [0.05, 0.1) is 6.54 Å². The first-order valence-electron chi connectivity index (χ1n) is 5.67. The number of furan rings is 1. The van der Waals surface area contributed by atoms with Gasteiger partial charge in [0.1, 0.15) is 17.6 Å². The second kappa shape index (κ2) is 5.48. The Kier molecular flexibility index (Phi) is 3.75. The van der Waals surface area contributed by atoms with Gasteiger partial charge in [-0.05, 0) is 25.1 Å². The second-order valence-electron chi connectivity index (χ2n) is 4.00. The van der Waals surface area contributed by atoms with E-state index in [0.717, 1.165) is 0 Å². The number of halogens is 1. The number of nitrogens with one attached hydrogen (secondary N) is 1. The summed E-state index contributed by atoms with van der Waals surface area (Å²) < 4.78 is 18.7. The topological polar surface area (TPSA) is 49.0 Å². The van der Waals surface area contributed by atoms with Gasteiger partial charge >= 0.3 is 0 Å². The van der Waals surface area contributed by atoms with Crippen LogP contribution in [0.1, 0.15) is 30.0 Å². The summed E-state index contributed by atoms with van der Waals surface area (Å²) in [7, 11) is 0. The molecule has 18 heavy (non-hydrogen) atoms. The highest BCUT2D eigenvalue weighted by molar-refractivity contribution is 5.21. The van der Waals surface area contributed by atoms with E-state index in [0.29, 0.717) is 17.9 Å². The summed E-state index contributed by atoms with van der Waals surface area (Å²) in [5.74, 6) is 0.717. The lowest BCUT2D eigenvalue weighted by molar-refractivity contribution is 0.447. The summed E-state index contributed by atoms with van der Waals surface area (Å²) >= 11 is 0. The molecule has 0 fully saturated rings. The molecule has 1 N–H and O–H groups in total. The molecule has 0 bridgehead atoms. The predicted molar refractivity (Wildman–Crippen MR) is 65.1 cm³/mol. The van der Waals surface area contributed by atoms with E-state index < -0.39 is 0 Å². The fraction of sp³-hybridized carbons (Fsp3) is 0.214. The van der Waals surface area contributed by atoms with Crippen LogP contribution in [0.5, 0.6) is 0 Å². The molecule has 1 aromatic carbocycles. The number of rotatable bonds is 4. The van der Waals surface area contributed by atoms with Gasteiger partial charge < -0.3 is 9.73 Å². The molecular weight excluding hydrogens is 231 g/mol. The van der Waals surface area contributed by atoms with E-state index in [1.807, 2.05) is 13.0 Å². The zero-order chi connectivity index (χ0) is 13.0. The third-order valence-corrected chi connectivity index (χ3v) is 2.73. The van der Waals surface area contributed by atoms with Gasteiger partial charge in [-0.25, -0.2) is 4.39 Å². The van der Waals surface area contributed by atoms with E-state index in [9.17, 15) is 4.39 Å². The van der Waals surface area contributed by atoms with Gasteiger partial charge in [0.25, 0.3) is 0 Å². The molecular formula is C14H13FN2O. The molecule has 0 radical (unpaired) electrons. The molecule has 1 heterocycles. The number of nitriles is 1. The predicted octanol–water partition coefficient (Wildman–Crippen LogP) is 3.14. The fourth-order valence-corrected chi connectivity index (χ4v) is 1.72. The molecule has 1 aromatic heterocycles. The fourth-order valence-electron chi connectivity index (χ4n) is 1.72. The molecule has 1 atom stereocenters. The van der Waals surface area contributed by atoms with Crippen LogP contribution in [0.25, 0.3) is 0 Å². The van der Waals surface area contributed by atoms with Gasteiger partial charge in [-0.15, -0.1) is 0 Å². The lowest BCUT2D eigenvalue weighted by atomic mass is 10.1. The summed E-state index contributed by atoms with van der Waals surface area (Å²) in [6, 6.07) is 11.8. The first-order valence-corrected chi connectivity index (χ1v) is 5.67. The highest BCUT2D eigenvalue weighted by atomic mass is 19.1. The zero-order valence-corrected chi connectivity index (χ0v) is 9.98. The van der Waals surface area contributed by atoms with E-state index >= 15 is 0 Å². The third-order valence-electron chi connectivity index (χ3n) is 2.73. The minimum Gasteiger partial charge on any atom is -0.449 e. The summed E-state index contributed by atoms with van der Waals surface area (Å²) in [4.78, 5) is 0. The Hall–Kier alpha value is -2.12. The van der Waals surface area contributed by atoms with Crippen molar-refractivity contribution in [3.63, 3.8) is 0 Å².